The minimum atomic E-state index is -3.23. The van der Waals surface area contributed by atoms with Crippen LogP contribution in [0.3, 0.4) is 0 Å². The third-order valence-electron chi connectivity index (χ3n) is 12.2. The Hall–Kier alpha value is -5.67. The van der Waals surface area contributed by atoms with Gasteiger partial charge in [0.2, 0.25) is 0 Å². The van der Waals surface area contributed by atoms with Crippen molar-refractivity contribution in [2.75, 3.05) is 0 Å². The normalized spacial score (nSPS) is 15.2. The molecule has 2 aromatic heterocycles. The first-order valence-corrected chi connectivity index (χ1v) is 20.9. The average Bonchev–Trinajstić information content (AvgIpc) is 3.81. The first kappa shape index (κ1) is 31.3. The number of aromatic nitrogens is 2. The number of hydrogen-bond donors (Lipinski definition) is 0. The van der Waals surface area contributed by atoms with E-state index in [2.05, 4.69) is 136 Å². The molecule has 2 heterocycles. The highest BCUT2D eigenvalue weighted by Gasteiger charge is 2.28. The minimum Gasteiger partial charge on any atom is -0.455 e. The van der Waals surface area contributed by atoms with Gasteiger partial charge in [-0.25, -0.2) is 4.98 Å². The molecule has 0 aliphatic carbocycles. The van der Waals surface area contributed by atoms with Gasteiger partial charge in [-0.1, -0.05) is 162 Å². The van der Waals surface area contributed by atoms with E-state index in [1.807, 2.05) is 34.9 Å². The molecule has 3 nitrogen and oxygen atoms in total. The number of hydrogen-bond acceptors (Lipinski definition) is 2. The predicted octanol–water partition coefficient (Wildman–Crippen LogP) is 16.5. The van der Waals surface area contributed by atoms with Gasteiger partial charge in [-0.15, -0.1) is 0 Å². The van der Waals surface area contributed by atoms with Gasteiger partial charge in [0.05, 0.1) is 22.3 Å². The van der Waals surface area contributed by atoms with Crippen molar-refractivity contribution in [3.63, 3.8) is 0 Å². The lowest BCUT2D eigenvalue weighted by molar-refractivity contribution is 0.569. The molecular weight excluding hydrogens is 717 g/mol. The summed E-state index contributed by atoms with van der Waals surface area (Å²) in [5, 5.41) is 6.24. The molecule has 0 saturated heterocycles. The first-order valence-electron chi connectivity index (χ1n) is 24.4. The quantitative estimate of drug-likeness (QED) is 0.157. The molecule has 0 spiro atoms. The van der Waals surface area contributed by atoms with Crippen LogP contribution in [-0.2, 0) is 10.8 Å². The number of imidazole rings is 1. The minimum absolute atomic E-state index is 0.0574. The number of fused-ring (bicyclic) bond motifs is 7. The monoisotopic (exact) mass is 781 g/mol. The van der Waals surface area contributed by atoms with Gasteiger partial charge in [-0.05, 0) is 125 Å². The smallest absolute Gasteiger partial charge is 0.149 e. The fraction of sp³-hybridized carbons (Fsp3) is 0.304. The van der Waals surface area contributed by atoms with Crippen molar-refractivity contribution in [1.82, 2.24) is 9.55 Å². The van der Waals surface area contributed by atoms with Crippen molar-refractivity contribution in [2.24, 2.45) is 0 Å². The van der Waals surface area contributed by atoms with E-state index in [1.54, 1.807) is 12.1 Å². The maximum Gasteiger partial charge on any atom is 0.149 e. The van der Waals surface area contributed by atoms with E-state index >= 15 is 0 Å². The summed E-state index contributed by atoms with van der Waals surface area (Å²) >= 11 is 0. The van der Waals surface area contributed by atoms with Crippen LogP contribution in [0.25, 0.3) is 82.7 Å². The van der Waals surface area contributed by atoms with Crippen molar-refractivity contribution < 1.29 is 14.0 Å². The second-order valence-electron chi connectivity index (χ2n) is 19.1. The van der Waals surface area contributed by atoms with E-state index in [4.69, 9.17) is 17.6 Å². The van der Waals surface area contributed by atoms with Crippen LogP contribution in [-0.4, -0.2) is 9.55 Å². The van der Waals surface area contributed by atoms with Crippen molar-refractivity contribution in [3.8, 4) is 28.2 Å². The molecule has 0 N–H and O–H groups in total. The molecule has 0 bridgehead atoms. The van der Waals surface area contributed by atoms with Crippen LogP contribution in [0.5, 0.6) is 0 Å². The average molecular weight is 782 g/mol. The topological polar surface area (TPSA) is 31.0 Å². The summed E-state index contributed by atoms with van der Waals surface area (Å²) in [5.74, 6) is -2.66. The zero-order chi connectivity index (χ0) is 47.6. The summed E-state index contributed by atoms with van der Waals surface area (Å²) in [6.07, 6.45) is 0. The molecule has 0 aliphatic heterocycles. The Morgan fingerprint density at radius 2 is 1.22 bits per heavy atom. The molecule has 0 aliphatic rings. The fourth-order valence-corrected chi connectivity index (χ4v) is 8.85. The highest BCUT2D eigenvalue weighted by molar-refractivity contribution is 6.17. The standard InChI is InChI=1S/C56H58N2O/c1-32(2)41-19-16-22-49-52(41)58(51-45(33(3)4)28-38(29-46(51)34(5)6)37-25-39(55(7,8)9)30-40(26-37)56(10,11)12)54(57-49)44-21-15-20-43-48-27-36-24-23-35-17-13-14-18-42(35)47(36)31-50(48)59-53(43)44/h13-34H,1-12H3/i1D3,2D3,32D. The molecule has 0 radical (unpaired) electrons. The van der Waals surface area contributed by atoms with Gasteiger partial charge < -0.3 is 4.42 Å². The molecule has 0 amide bonds. The lowest BCUT2D eigenvalue weighted by atomic mass is 9.78. The Bertz CT molecular complexity index is 3310. The Balaban J connectivity index is 1.43. The first-order chi connectivity index (χ1) is 30.8. The summed E-state index contributed by atoms with van der Waals surface area (Å²) < 4.78 is 70.6. The third-order valence-corrected chi connectivity index (χ3v) is 12.2. The second-order valence-corrected chi connectivity index (χ2v) is 19.1. The summed E-state index contributed by atoms with van der Waals surface area (Å²) in [5.41, 5.74) is 9.58. The molecule has 59 heavy (non-hydrogen) atoms. The van der Waals surface area contributed by atoms with Gasteiger partial charge >= 0.3 is 0 Å². The molecule has 7 aromatic carbocycles. The highest BCUT2D eigenvalue weighted by Crippen LogP contribution is 2.45. The van der Waals surface area contributed by atoms with Crippen molar-refractivity contribution >= 4 is 54.5 Å². The van der Waals surface area contributed by atoms with E-state index < -0.39 is 19.6 Å². The lowest BCUT2D eigenvalue weighted by Crippen LogP contribution is -2.16. The zero-order valence-corrected chi connectivity index (χ0v) is 35.9. The van der Waals surface area contributed by atoms with Crippen molar-refractivity contribution in [3.05, 3.63) is 143 Å². The van der Waals surface area contributed by atoms with Crippen LogP contribution in [0.1, 0.15) is 138 Å². The van der Waals surface area contributed by atoms with Crippen LogP contribution in [0.2, 0.25) is 0 Å². The Kier molecular flexibility index (Phi) is 7.41. The fourth-order valence-electron chi connectivity index (χ4n) is 8.85. The van der Waals surface area contributed by atoms with E-state index in [9.17, 15) is 1.37 Å². The summed E-state index contributed by atoms with van der Waals surface area (Å²) in [7, 11) is 0. The van der Waals surface area contributed by atoms with Crippen molar-refractivity contribution in [1.29, 1.82) is 0 Å². The van der Waals surface area contributed by atoms with Crippen LogP contribution < -0.4 is 0 Å². The summed E-state index contributed by atoms with van der Waals surface area (Å²) in [6, 6.07) is 39.1. The second kappa shape index (κ2) is 14.0. The van der Waals surface area contributed by atoms with Crippen LogP contribution in [0, 0.1) is 0 Å². The van der Waals surface area contributed by atoms with Crippen LogP contribution in [0.15, 0.2) is 120 Å². The van der Waals surface area contributed by atoms with E-state index in [-0.39, 0.29) is 33.7 Å². The van der Waals surface area contributed by atoms with E-state index in [0.717, 1.165) is 60.3 Å². The summed E-state index contributed by atoms with van der Waals surface area (Å²) in [6.45, 7) is 15.5. The zero-order valence-electron chi connectivity index (χ0n) is 42.9. The Labute approximate surface area is 359 Å². The molecule has 9 rings (SSSR count). The van der Waals surface area contributed by atoms with Gasteiger partial charge in [-0.3, -0.25) is 4.57 Å². The maximum absolute atomic E-state index is 9.63. The number of rotatable bonds is 6. The SMILES string of the molecule is [2H]C([2H])([2H])C([2H])(c1cccc2nc(-c3cccc4c3oc3cc5c(ccc6ccccc65)cc34)n(-c3c(C(C)C)cc(-c4cc(C(C)(C)C)cc(C(C)(C)C)c4)cc3C(C)C)c12)C([2H])([2H])[2H]. The van der Waals surface area contributed by atoms with Crippen molar-refractivity contribution in [2.45, 2.75) is 112 Å². The lowest BCUT2D eigenvalue weighted by Gasteiger charge is -2.28. The highest BCUT2D eigenvalue weighted by atomic mass is 16.3. The Morgan fingerprint density at radius 1 is 0.593 bits per heavy atom. The molecule has 0 saturated carbocycles. The molecule has 3 heteroatoms. The molecule has 0 atom stereocenters. The predicted molar refractivity (Wildman–Crippen MR) is 254 cm³/mol. The Morgan fingerprint density at radius 3 is 1.88 bits per heavy atom. The molecule has 0 fully saturated rings. The molecule has 9 aromatic rings. The maximum atomic E-state index is 9.63. The molecule has 298 valence electrons. The van der Waals surface area contributed by atoms with Crippen LogP contribution >= 0.6 is 0 Å². The number of nitrogens with zero attached hydrogens (tertiary/aromatic N) is 2. The largest absolute Gasteiger partial charge is 0.455 e. The number of para-hydroxylation sites is 2. The number of benzene rings is 7. The van der Waals surface area contributed by atoms with Gasteiger partial charge in [0, 0.05) is 20.4 Å². The summed E-state index contributed by atoms with van der Waals surface area (Å²) in [4.78, 5) is 5.32. The van der Waals surface area contributed by atoms with Gasteiger partial charge in [0.25, 0.3) is 0 Å². The van der Waals surface area contributed by atoms with Gasteiger partial charge in [0.15, 0.2) is 0 Å². The van der Waals surface area contributed by atoms with Gasteiger partial charge in [0.1, 0.15) is 17.0 Å². The van der Waals surface area contributed by atoms with Crippen LogP contribution in [0.4, 0.5) is 0 Å². The number of furan rings is 1. The third kappa shape index (κ3) is 6.54. The van der Waals surface area contributed by atoms with E-state index in [1.165, 1.54) is 17.2 Å². The molecular formula is C56H58N2O. The van der Waals surface area contributed by atoms with Gasteiger partial charge in [-0.2, -0.15) is 0 Å². The molecule has 0 unspecified atom stereocenters. The van der Waals surface area contributed by atoms with E-state index in [0.29, 0.717) is 28.1 Å².